The van der Waals surface area contributed by atoms with Crippen molar-refractivity contribution in [3.05, 3.63) is 23.0 Å². The van der Waals surface area contributed by atoms with Crippen molar-refractivity contribution in [2.24, 2.45) is 5.73 Å². The van der Waals surface area contributed by atoms with Crippen LogP contribution in [0.3, 0.4) is 0 Å². The topological polar surface area (TPSA) is 60.4 Å². The molecule has 0 aliphatic rings. The van der Waals surface area contributed by atoms with E-state index in [4.69, 9.17) is 5.73 Å². The summed E-state index contributed by atoms with van der Waals surface area (Å²) in [4.78, 5) is 15.6. The first-order valence-corrected chi connectivity index (χ1v) is 4.29. The number of nitrogens with two attached hydrogens (primary N) is 1. The van der Waals surface area contributed by atoms with Crippen LogP contribution in [0.4, 0.5) is 0 Å². The van der Waals surface area contributed by atoms with Crippen LogP contribution in [-0.2, 0) is 0 Å². The summed E-state index contributed by atoms with van der Waals surface area (Å²) in [6, 6.07) is 0. The van der Waals surface area contributed by atoms with Crippen molar-refractivity contribution < 1.29 is 4.79 Å². The Bertz CT molecular complexity index is 442. The predicted octanol–water partition coefficient (Wildman–Crippen LogP) is 0.803. The normalized spacial score (nSPS) is 10.8. The van der Waals surface area contributed by atoms with Crippen LogP contribution < -0.4 is 5.73 Å². The first kappa shape index (κ1) is 7.30. The van der Waals surface area contributed by atoms with Crippen LogP contribution in [-0.4, -0.2) is 15.3 Å². The molecule has 12 heavy (non-hydrogen) atoms. The molecule has 0 spiro atoms. The second-order valence-corrected chi connectivity index (χ2v) is 3.36. The second kappa shape index (κ2) is 2.31. The highest BCUT2D eigenvalue weighted by atomic mass is 32.1. The monoisotopic (exact) mass is 181 g/mol. The SMILES string of the molecule is Cc1csc2nc(C(N)=O)cn12. The molecular formula is C7H7N3OS. The Kier molecular flexibility index (Phi) is 1.41. The Labute approximate surface area is 72.6 Å². The van der Waals surface area contributed by atoms with Crippen LogP contribution in [0.1, 0.15) is 16.2 Å². The van der Waals surface area contributed by atoms with E-state index in [2.05, 4.69) is 4.98 Å². The molecule has 2 heterocycles. The number of carbonyl (C=O) groups is 1. The second-order valence-electron chi connectivity index (χ2n) is 2.52. The van der Waals surface area contributed by atoms with Gasteiger partial charge in [-0.1, -0.05) is 0 Å². The van der Waals surface area contributed by atoms with E-state index in [0.717, 1.165) is 10.7 Å². The highest BCUT2D eigenvalue weighted by molar-refractivity contribution is 7.15. The number of aromatic nitrogens is 2. The van der Waals surface area contributed by atoms with Gasteiger partial charge >= 0.3 is 0 Å². The third-order valence-electron chi connectivity index (χ3n) is 1.64. The van der Waals surface area contributed by atoms with E-state index < -0.39 is 5.91 Å². The smallest absolute Gasteiger partial charge is 0.268 e. The summed E-state index contributed by atoms with van der Waals surface area (Å²) < 4.78 is 1.85. The third-order valence-corrected chi connectivity index (χ3v) is 2.60. The summed E-state index contributed by atoms with van der Waals surface area (Å²) in [6.07, 6.45) is 1.66. The Morgan fingerprint density at radius 3 is 3.08 bits per heavy atom. The standard InChI is InChI=1S/C7H7N3OS/c1-4-3-12-7-9-5(6(8)11)2-10(4)7/h2-3H,1H3,(H2,8,11). The van der Waals surface area contributed by atoms with Gasteiger partial charge in [0.1, 0.15) is 5.69 Å². The van der Waals surface area contributed by atoms with Gasteiger partial charge < -0.3 is 5.73 Å². The molecule has 0 aromatic carbocycles. The van der Waals surface area contributed by atoms with Gasteiger partial charge in [0.15, 0.2) is 4.96 Å². The average Bonchev–Trinajstić information content (AvgIpc) is 2.53. The summed E-state index contributed by atoms with van der Waals surface area (Å²) in [5.41, 5.74) is 6.47. The molecule has 5 heteroatoms. The maximum absolute atomic E-state index is 10.7. The minimum absolute atomic E-state index is 0.324. The Balaban J connectivity index is 2.70. The molecule has 0 aliphatic carbocycles. The lowest BCUT2D eigenvalue weighted by molar-refractivity contribution is 0.0996. The fourth-order valence-corrected chi connectivity index (χ4v) is 1.86. The first-order valence-electron chi connectivity index (χ1n) is 3.41. The van der Waals surface area contributed by atoms with Gasteiger partial charge in [0.05, 0.1) is 0 Å². The molecule has 0 radical (unpaired) electrons. The molecule has 0 aliphatic heterocycles. The maximum atomic E-state index is 10.7. The minimum atomic E-state index is -0.481. The van der Waals surface area contributed by atoms with Crippen LogP contribution >= 0.6 is 11.3 Å². The van der Waals surface area contributed by atoms with Gasteiger partial charge in [0.25, 0.3) is 5.91 Å². The number of thiazole rings is 1. The van der Waals surface area contributed by atoms with Crippen LogP contribution in [0.5, 0.6) is 0 Å². The number of primary amides is 1. The predicted molar refractivity (Wildman–Crippen MR) is 46.3 cm³/mol. The van der Waals surface area contributed by atoms with Gasteiger partial charge in [-0.15, -0.1) is 11.3 Å². The van der Waals surface area contributed by atoms with E-state index in [9.17, 15) is 4.79 Å². The molecule has 0 bridgehead atoms. The Morgan fingerprint density at radius 1 is 1.75 bits per heavy atom. The number of hydrogen-bond acceptors (Lipinski definition) is 3. The molecule has 0 atom stereocenters. The van der Waals surface area contributed by atoms with Gasteiger partial charge in [-0.05, 0) is 6.92 Å². The van der Waals surface area contributed by atoms with Crippen LogP contribution in [0.15, 0.2) is 11.6 Å². The molecule has 0 fully saturated rings. The van der Waals surface area contributed by atoms with Crippen molar-refractivity contribution in [1.82, 2.24) is 9.38 Å². The summed E-state index contributed by atoms with van der Waals surface area (Å²) >= 11 is 1.50. The van der Waals surface area contributed by atoms with E-state index in [1.54, 1.807) is 6.20 Å². The zero-order valence-corrected chi connectivity index (χ0v) is 7.26. The summed E-state index contributed by atoms with van der Waals surface area (Å²) in [5.74, 6) is -0.481. The number of rotatable bonds is 1. The average molecular weight is 181 g/mol. The minimum Gasteiger partial charge on any atom is -0.364 e. The van der Waals surface area contributed by atoms with E-state index in [1.807, 2.05) is 16.7 Å². The fourth-order valence-electron chi connectivity index (χ4n) is 1.01. The third kappa shape index (κ3) is 0.902. The van der Waals surface area contributed by atoms with Crippen molar-refractivity contribution in [2.75, 3.05) is 0 Å². The van der Waals surface area contributed by atoms with Gasteiger partial charge in [0.2, 0.25) is 0 Å². The van der Waals surface area contributed by atoms with Gasteiger partial charge in [0, 0.05) is 17.3 Å². The number of carbonyl (C=O) groups excluding carboxylic acids is 1. The Morgan fingerprint density at radius 2 is 2.50 bits per heavy atom. The van der Waals surface area contributed by atoms with Gasteiger partial charge in [-0.3, -0.25) is 9.20 Å². The number of imidazole rings is 1. The van der Waals surface area contributed by atoms with E-state index in [-0.39, 0.29) is 0 Å². The first-order chi connectivity index (χ1) is 5.68. The molecule has 2 aromatic heterocycles. The molecule has 1 amide bonds. The number of amides is 1. The van der Waals surface area contributed by atoms with Crippen LogP contribution in [0.2, 0.25) is 0 Å². The lowest BCUT2D eigenvalue weighted by atomic mass is 10.5. The molecule has 62 valence electrons. The van der Waals surface area contributed by atoms with Crippen LogP contribution in [0.25, 0.3) is 4.96 Å². The zero-order chi connectivity index (χ0) is 8.72. The molecule has 2 aromatic rings. The summed E-state index contributed by atoms with van der Waals surface area (Å²) in [5, 5.41) is 1.98. The summed E-state index contributed by atoms with van der Waals surface area (Å²) in [7, 11) is 0. The van der Waals surface area contributed by atoms with Crippen molar-refractivity contribution in [3.8, 4) is 0 Å². The van der Waals surface area contributed by atoms with Crippen LogP contribution in [0, 0.1) is 6.92 Å². The molecule has 0 saturated carbocycles. The van der Waals surface area contributed by atoms with Crippen molar-refractivity contribution in [3.63, 3.8) is 0 Å². The maximum Gasteiger partial charge on any atom is 0.268 e. The lowest BCUT2D eigenvalue weighted by Gasteiger charge is -1.84. The van der Waals surface area contributed by atoms with Gasteiger partial charge in [-0.25, -0.2) is 4.98 Å². The van der Waals surface area contributed by atoms with Crippen molar-refractivity contribution in [1.29, 1.82) is 0 Å². The molecule has 0 unspecified atom stereocenters. The molecule has 4 nitrogen and oxygen atoms in total. The highest BCUT2D eigenvalue weighted by Gasteiger charge is 2.08. The summed E-state index contributed by atoms with van der Waals surface area (Å²) in [6.45, 7) is 1.95. The largest absolute Gasteiger partial charge is 0.364 e. The highest BCUT2D eigenvalue weighted by Crippen LogP contribution is 2.15. The zero-order valence-electron chi connectivity index (χ0n) is 6.44. The number of nitrogens with zero attached hydrogens (tertiary/aromatic N) is 2. The van der Waals surface area contributed by atoms with E-state index in [0.29, 0.717) is 5.69 Å². The van der Waals surface area contributed by atoms with Crippen molar-refractivity contribution >= 4 is 22.2 Å². The molecule has 0 saturated heterocycles. The number of aryl methyl sites for hydroxylation is 1. The quantitative estimate of drug-likeness (QED) is 0.707. The molecule has 2 N–H and O–H groups in total. The molecule has 2 rings (SSSR count). The van der Waals surface area contributed by atoms with E-state index in [1.165, 1.54) is 11.3 Å². The lowest BCUT2D eigenvalue weighted by Crippen LogP contribution is -2.10. The fraction of sp³-hybridized carbons (Fsp3) is 0.143. The van der Waals surface area contributed by atoms with Crippen molar-refractivity contribution in [2.45, 2.75) is 6.92 Å². The van der Waals surface area contributed by atoms with Gasteiger partial charge in [-0.2, -0.15) is 0 Å². The van der Waals surface area contributed by atoms with E-state index >= 15 is 0 Å². The number of hydrogen-bond donors (Lipinski definition) is 1. The molecular weight excluding hydrogens is 174 g/mol. The Hall–Kier alpha value is -1.36. The number of fused-ring (bicyclic) bond motifs is 1.